The van der Waals surface area contributed by atoms with Gasteiger partial charge in [0.15, 0.2) is 0 Å². The number of benzene rings is 2. The van der Waals surface area contributed by atoms with Crippen LogP contribution in [0.15, 0.2) is 42.5 Å². The van der Waals surface area contributed by atoms with Gasteiger partial charge in [0.05, 0.1) is 13.2 Å². The first kappa shape index (κ1) is 18.2. The maximum Gasteiger partial charge on any atom is 0.129 e. The first-order valence-corrected chi connectivity index (χ1v) is 9.05. The van der Waals surface area contributed by atoms with Crippen molar-refractivity contribution in [1.82, 2.24) is 4.90 Å². The molecule has 1 heterocycles. The van der Waals surface area contributed by atoms with Crippen LogP contribution in [0.5, 0.6) is 5.75 Å². The standard InChI is InChI=1S/C20H23ClFNO2/c21-18-7-8-20(25-15-17-4-1-2-6-19(17)22)16(14-18)5-3-9-23-10-12-24-13-11-23/h1-2,4,6-8,14H,3,5,9-13,15H2. The van der Waals surface area contributed by atoms with E-state index in [1.165, 1.54) is 6.07 Å². The highest BCUT2D eigenvalue weighted by atomic mass is 35.5. The highest BCUT2D eigenvalue weighted by Crippen LogP contribution is 2.25. The third-order valence-electron chi connectivity index (χ3n) is 4.39. The average Bonchev–Trinajstić information content (AvgIpc) is 2.63. The molecule has 1 aliphatic heterocycles. The second-order valence-electron chi connectivity index (χ2n) is 6.19. The van der Waals surface area contributed by atoms with Gasteiger partial charge in [0, 0.05) is 23.7 Å². The zero-order chi connectivity index (χ0) is 17.5. The van der Waals surface area contributed by atoms with E-state index in [1.807, 2.05) is 24.3 Å². The fraction of sp³-hybridized carbons (Fsp3) is 0.400. The molecule has 0 unspecified atom stereocenters. The molecule has 25 heavy (non-hydrogen) atoms. The van der Waals surface area contributed by atoms with Gasteiger partial charge >= 0.3 is 0 Å². The van der Waals surface area contributed by atoms with Crippen molar-refractivity contribution >= 4 is 11.6 Å². The van der Waals surface area contributed by atoms with Crippen molar-refractivity contribution in [3.05, 3.63) is 64.4 Å². The highest BCUT2D eigenvalue weighted by Gasteiger charge is 2.11. The Labute approximate surface area is 153 Å². The second-order valence-corrected chi connectivity index (χ2v) is 6.63. The van der Waals surface area contributed by atoms with Crippen molar-refractivity contribution in [3.8, 4) is 5.75 Å². The second kappa shape index (κ2) is 9.18. The largest absolute Gasteiger partial charge is 0.489 e. The molecule has 0 N–H and O–H groups in total. The van der Waals surface area contributed by atoms with E-state index in [-0.39, 0.29) is 12.4 Å². The number of nitrogens with zero attached hydrogens (tertiary/aromatic N) is 1. The summed E-state index contributed by atoms with van der Waals surface area (Å²) in [5, 5.41) is 0.694. The molecule has 134 valence electrons. The van der Waals surface area contributed by atoms with Crippen molar-refractivity contribution in [2.45, 2.75) is 19.4 Å². The molecule has 0 atom stereocenters. The van der Waals surface area contributed by atoms with Gasteiger partial charge in [-0.15, -0.1) is 0 Å². The number of halogens is 2. The van der Waals surface area contributed by atoms with E-state index < -0.39 is 0 Å². The lowest BCUT2D eigenvalue weighted by Crippen LogP contribution is -2.36. The van der Waals surface area contributed by atoms with Gasteiger partial charge in [0.1, 0.15) is 18.2 Å². The summed E-state index contributed by atoms with van der Waals surface area (Å²) in [6.07, 6.45) is 1.90. The summed E-state index contributed by atoms with van der Waals surface area (Å²) < 4.78 is 25.0. The molecule has 0 aromatic heterocycles. The van der Waals surface area contributed by atoms with E-state index in [0.717, 1.165) is 57.0 Å². The van der Waals surface area contributed by atoms with Gasteiger partial charge in [-0.05, 0) is 49.2 Å². The number of hydrogen-bond donors (Lipinski definition) is 0. The minimum atomic E-state index is -0.245. The van der Waals surface area contributed by atoms with Gasteiger partial charge in [-0.25, -0.2) is 4.39 Å². The predicted molar refractivity (Wildman–Crippen MR) is 97.8 cm³/mol. The molecule has 0 radical (unpaired) electrons. The van der Waals surface area contributed by atoms with Crippen LogP contribution in [0, 0.1) is 5.82 Å². The van der Waals surface area contributed by atoms with E-state index in [4.69, 9.17) is 21.1 Å². The van der Waals surface area contributed by atoms with E-state index in [0.29, 0.717) is 10.6 Å². The minimum absolute atomic E-state index is 0.213. The van der Waals surface area contributed by atoms with E-state index in [2.05, 4.69) is 4.90 Å². The molecule has 0 aliphatic carbocycles. The van der Waals surface area contributed by atoms with Crippen LogP contribution >= 0.6 is 11.6 Å². The molecule has 1 fully saturated rings. The Balaban J connectivity index is 1.58. The molecule has 0 saturated carbocycles. The number of aryl methyl sites for hydroxylation is 1. The van der Waals surface area contributed by atoms with Crippen LogP contribution in [0.4, 0.5) is 4.39 Å². The fourth-order valence-corrected chi connectivity index (χ4v) is 3.17. The number of morpholine rings is 1. The Bertz CT molecular complexity index is 689. The summed E-state index contributed by atoms with van der Waals surface area (Å²) >= 11 is 6.14. The summed E-state index contributed by atoms with van der Waals surface area (Å²) in [6, 6.07) is 12.3. The predicted octanol–water partition coefficient (Wildman–Crippen LogP) is 4.32. The van der Waals surface area contributed by atoms with Crippen LogP contribution in [0.25, 0.3) is 0 Å². The van der Waals surface area contributed by atoms with Crippen LogP contribution in [0.2, 0.25) is 5.02 Å². The topological polar surface area (TPSA) is 21.7 Å². The van der Waals surface area contributed by atoms with Crippen molar-refractivity contribution in [3.63, 3.8) is 0 Å². The average molecular weight is 364 g/mol. The van der Waals surface area contributed by atoms with Crippen LogP contribution in [-0.4, -0.2) is 37.7 Å². The third kappa shape index (κ3) is 5.43. The summed E-state index contributed by atoms with van der Waals surface area (Å²) in [5.41, 5.74) is 1.62. The zero-order valence-electron chi connectivity index (χ0n) is 14.2. The SMILES string of the molecule is Fc1ccccc1COc1ccc(Cl)cc1CCCN1CCOCC1. The summed E-state index contributed by atoms with van der Waals surface area (Å²) in [5.74, 6) is 0.528. The van der Waals surface area contributed by atoms with Crippen molar-refractivity contribution in [2.24, 2.45) is 0 Å². The van der Waals surface area contributed by atoms with Gasteiger partial charge in [-0.3, -0.25) is 4.90 Å². The van der Waals surface area contributed by atoms with Crippen molar-refractivity contribution in [1.29, 1.82) is 0 Å². The lowest BCUT2D eigenvalue weighted by atomic mass is 10.1. The number of ether oxygens (including phenoxy) is 2. The molecule has 3 nitrogen and oxygen atoms in total. The Morgan fingerprint density at radius 3 is 2.68 bits per heavy atom. The van der Waals surface area contributed by atoms with Crippen molar-refractivity contribution in [2.75, 3.05) is 32.8 Å². The van der Waals surface area contributed by atoms with E-state index >= 15 is 0 Å². The molecule has 0 amide bonds. The minimum Gasteiger partial charge on any atom is -0.489 e. The summed E-state index contributed by atoms with van der Waals surface area (Å²) in [6.45, 7) is 4.86. The van der Waals surface area contributed by atoms with E-state index in [1.54, 1.807) is 12.1 Å². The zero-order valence-corrected chi connectivity index (χ0v) is 15.0. The Kier molecular flexibility index (Phi) is 6.68. The van der Waals surface area contributed by atoms with Crippen molar-refractivity contribution < 1.29 is 13.9 Å². The van der Waals surface area contributed by atoms with Crippen LogP contribution in [0.1, 0.15) is 17.5 Å². The first-order chi connectivity index (χ1) is 12.2. The van der Waals surface area contributed by atoms with Gasteiger partial charge in [-0.2, -0.15) is 0 Å². The molecular formula is C20H23ClFNO2. The van der Waals surface area contributed by atoms with Gasteiger partial charge < -0.3 is 9.47 Å². The molecule has 2 aromatic carbocycles. The van der Waals surface area contributed by atoms with Gasteiger partial charge in [0.25, 0.3) is 0 Å². The molecule has 0 spiro atoms. The Hall–Kier alpha value is -1.62. The highest BCUT2D eigenvalue weighted by molar-refractivity contribution is 6.30. The monoisotopic (exact) mass is 363 g/mol. The first-order valence-electron chi connectivity index (χ1n) is 8.67. The summed E-state index contributed by atoms with van der Waals surface area (Å²) in [7, 11) is 0. The van der Waals surface area contributed by atoms with E-state index in [9.17, 15) is 4.39 Å². The molecule has 1 saturated heterocycles. The van der Waals surface area contributed by atoms with Crippen LogP contribution < -0.4 is 4.74 Å². The van der Waals surface area contributed by atoms with Gasteiger partial charge in [-0.1, -0.05) is 29.8 Å². The molecule has 1 aliphatic rings. The fourth-order valence-electron chi connectivity index (χ4n) is 2.97. The normalized spacial score (nSPS) is 15.3. The maximum atomic E-state index is 13.7. The lowest BCUT2D eigenvalue weighted by molar-refractivity contribution is 0.0374. The van der Waals surface area contributed by atoms with Crippen LogP contribution in [0.3, 0.4) is 0 Å². The Morgan fingerprint density at radius 1 is 1.08 bits per heavy atom. The van der Waals surface area contributed by atoms with Gasteiger partial charge in [0.2, 0.25) is 0 Å². The Morgan fingerprint density at radius 2 is 1.88 bits per heavy atom. The van der Waals surface area contributed by atoms with Crippen LogP contribution in [-0.2, 0) is 17.8 Å². The lowest BCUT2D eigenvalue weighted by Gasteiger charge is -2.26. The molecule has 2 aromatic rings. The molecule has 3 rings (SSSR count). The molecular weight excluding hydrogens is 341 g/mol. The third-order valence-corrected chi connectivity index (χ3v) is 4.62. The quantitative estimate of drug-likeness (QED) is 0.731. The molecule has 5 heteroatoms. The molecule has 0 bridgehead atoms. The summed E-state index contributed by atoms with van der Waals surface area (Å²) in [4.78, 5) is 2.41. The smallest absolute Gasteiger partial charge is 0.129 e. The number of hydrogen-bond acceptors (Lipinski definition) is 3. The number of rotatable bonds is 7. The maximum absolute atomic E-state index is 13.7.